The predicted molar refractivity (Wildman–Crippen MR) is 107 cm³/mol. The van der Waals surface area contributed by atoms with Gasteiger partial charge in [-0.1, -0.05) is 35.3 Å². The van der Waals surface area contributed by atoms with Gasteiger partial charge >= 0.3 is 0 Å². The molecule has 1 N–H and O–H groups in total. The molecule has 2 aromatic rings. The second-order valence-electron chi connectivity index (χ2n) is 5.68. The summed E-state index contributed by atoms with van der Waals surface area (Å²) >= 11 is 12.7. The molecule has 1 heterocycles. The Balaban J connectivity index is 1.85. The van der Waals surface area contributed by atoms with Gasteiger partial charge in [0.25, 0.3) is 11.1 Å². The molecule has 0 radical (unpaired) electrons. The van der Waals surface area contributed by atoms with Crippen molar-refractivity contribution >= 4 is 52.2 Å². The minimum Gasteiger partial charge on any atom is -0.503 e. The van der Waals surface area contributed by atoms with Gasteiger partial charge in [0.1, 0.15) is 0 Å². The Morgan fingerprint density at radius 3 is 2.56 bits per heavy atom. The van der Waals surface area contributed by atoms with E-state index in [4.69, 9.17) is 27.9 Å². The molecule has 0 atom stereocenters. The molecule has 8 heteroatoms. The Hall–Kier alpha value is -2.15. The average Bonchev–Trinajstić information content (AvgIpc) is 2.88. The molecule has 1 aliphatic heterocycles. The van der Waals surface area contributed by atoms with Crippen LogP contribution in [-0.4, -0.2) is 27.8 Å². The van der Waals surface area contributed by atoms with Gasteiger partial charge in [0, 0.05) is 5.02 Å². The molecule has 0 spiro atoms. The van der Waals surface area contributed by atoms with Crippen molar-refractivity contribution in [3.63, 3.8) is 0 Å². The number of phenols is 1. The number of carbonyl (C=O) groups is 2. The van der Waals surface area contributed by atoms with Crippen molar-refractivity contribution in [3.8, 4) is 11.5 Å². The molecule has 27 heavy (non-hydrogen) atoms. The molecule has 5 nitrogen and oxygen atoms in total. The molecule has 0 aromatic heterocycles. The molecule has 0 unspecified atom stereocenters. The Bertz CT molecular complexity index is 928. The van der Waals surface area contributed by atoms with E-state index in [1.54, 1.807) is 43.3 Å². The normalized spacial score (nSPS) is 15.7. The largest absolute Gasteiger partial charge is 0.503 e. The van der Waals surface area contributed by atoms with Crippen LogP contribution in [0.1, 0.15) is 18.1 Å². The van der Waals surface area contributed by atoms with Gasteiger partial charge in [-0.05, 0) is 60.2 Å². The van der Waals surface area contributed by atoms with Crippen molar-refractivity contribution in [3.05, 3.63) is 62.5 Å². The van der Waals surface area contributed by atoms with Gasteiger partial charge in [-0.2, -0.15) is 0 Å². The van der Waals surface area contributed by atoms with Crippen molar-refractivity contribution < 1.29 is 19.4 Å². The number of halogens is 2. The van der Waals surface area contributed by atoms with E-state index in [0.717, 1.165) is 17.3 Å². The lowest BCUT2D eigenvalue weighted by molar-refractivity contribution is -0.123. The van der Waals surface area contributed by atoms with Crippen LogP contribution in [0.25, 0.3) is 6.08 Å². The predicted octanol–water partition coefficient (Wildman–Crippen LogP) is 5.33. The molecular weight excluding hydrogens is 409 g/mol. The quantitative estimate of drug-likeness (QED) is 0.657. The van der Waals surface area contributed by atoms with Crippen molar-refractivity contribution in [2.45, 2.75) is 13.5 Å². The van der Waals surface area contributed by atoms with Crippen LogP contribution in [-0.2, 0) is 11.3 Å². The molecular formula is C19H15Cl2NO4S. The van der Waals surface area contributed by atoms with Crippen molar-refractivity contribution in [2.75, 3.05) is 6.61 Å². The summed E-state index contributed by atoms with van der Waals surface area (Å²) in [7, 11) is 0. The summed E-state index contributed by atoms with van der Waals surface area (Å²) in [5.74, 6) is -0.328. The number of benzene rings is 2. The molecule has 0 aliphatic carbocycles. The van der Waals surface area contributed by atoms with E-state index >= 15 is 0 Å². The Labute approximate surface area is 170 Å². The highest BCUT2D eigenvalue weighted by Crippen LogP contribution is 2.38. The maximum absolute atomic E-state index is 12.6. The average molecular weight is 424 g/mol. The second kappa shape index (κ2) is 8.25. The van der Waals surface area contributed by atoms with E-state index in [-0.39, 0.29) is 39.1 Å². The number of imide groups is 1. The number of hydrogen-bond acceptors (Lipinski definition) is 5. The highest BCUT2D eigenvalue weighted by Gasteiger charge is 2.35. The van der Waals surface area contributed by atoms with Crippen molar-refractivity contribution in [1.82, 2.24) is 4.90 Å². The molecule has 1 fully saturated rings. The van der Waals surface area contributed by atoms with E-state index in [1.807, 2.05) is 0 Å². The zero-order chi connectivity index (χ0) is 19.6. The number of ether oxygens (including phenoxy) is 1. The second-order valence-corrected chi connectivity index (χ2v) is 7.51. The molecule has 1 saturated heterocycles. The van der Waals surface area contributed by atoms with Crippen LogP contribution in [0, 0.1) is 0 Å². The summed E-state index contributed by atoms with van der Waals surface area (Å²) < 4.78 is 5.34. The van der Waals surface area contributed by atoms with Gasteiger partial charge in [0.15, 0.2) is 11.5 Å². The number of thioether (sulfide) groups is 1. The summed E-state index contributed by atoms with van der Waals surface area (Å²) in [4.78, 5) is 26.3. The van der Waals surface area contributed by atoms with Crippen LogP contribution >= 0.6 is 35.0 Å². The molecule has 2 aromatic carbocycles. The minimum atomic E-state index is -0.387. The standard InChI is InChI=1S/C19H15Cl2NO4S/c1-2-26-15-8-12(7-14(21)17(15)23)9-16-18(24)22(19(25)27-16)10-11-3-5-13(20)6-4-11/h3-9,23H,2,10H2,1H3. The number of amides is 2. The zero-order valence-corrected chi connectivity index (χ0v) is 16.6. The van der Waals surface area contributed by atoms with Gasteiger partial charge in [0.2, 0.25) is 0 Å². The van der Waals surface area contributed by atoms with E-state index < -0.39 is 0 Å². The third kappa shape index (κ3) is 4.40. The van der Waals surface area contributed by atoms with Gasteiger partial charge in [-0.3, -0.25) is 14.5 Å². The number of carbonyl (C=O) groups excluding carboxylic acids is 2. The van der Waals surface area contributed by atoms with Crippen LogP contribution < -0.4 is 4.74 Å². The summed E-state index contributed by atoms with van der Waals surface area (Å²) in [6, 6.07) is 10.0. The van der Waals surface area contributed by atoms with E-state index in [2.05, 4.69) is 0 Å². The maximum Gasteiger partial charge on any atom is 0.293 e. The lowest BCUT2D eigenvalue weighted by Crippen LogP contribution is -2.27. The first-order chi connectivity index (χ1) is 12.9. The molecule has 3 rings (SSSR count). The number of aromatic hydroxyl groups is 1. The Morgan fingerprint density at radius 1 is 1.19 bits per heavy atom. The van der Waals surface area contributed by atoms with Gasteiger partial charge in [-0.25, -0.2) is 0 Å². The van der Waals surface area contributed by atoms with Crippen LogP contribution in [0.3, 0.4) is 0 Å². The zero-order valence-electron chi connectivity index (χ0n) is 14.2. The summed E-state index contributed by atoms with van der Waals surface area (Å²) in [6.45, 7) is 2.30. The molecule has 0 saturated carbocycles. The monoisotopic (exact) mass is 423 g/mol. The van der Waals surface area contributed by atoms with E-state index in [9.17, 15) is 14.7 Å². The van der Waals surface area contributed by atoms with Gasteiger partial charge in [-0.15, -0.1) is 0 Å². The fraction of sp³-hybridized carbons (Fsp3) is 0.158. The van der Waals surface area contributed by atoms with Gasteiger partial charge < -0.3 is 9.84 Å². The summed E-state index contributed by atoms with van der Waals surface area (Å²) in [5.41, 5.74) is 1.35. The number of hydrogen-bond donors (Lipinski definition) is 1. The smallest absolute Gasteiger partial charge is 0.293 e. The molecule has 2 amide bonds. The molecule has 0 bridgehead atoms. The summed E-state index contributed by atoms with van der Waals surface area (Å²) in [5, 5.41) is 10.3. The third-order valence-corrected chi connectivity index (χ3v) is 5.22. The van der Waals surface area contributed by atoms with Gasteiger partial charge in [0.05, 0.1) is 23.1 Å². The summed E-state index contributed by atoms with van der Waals surface area (Å²) in [6.07, 6.45) is 1.56. The van der Waals surface area contributed by atoms with Crippen LogP contribution in [0.4, 0.5) is 4.79 Å². The van der Waals surface area contributed by atoms with E-state index in [0.29, 0.717) is 17.2 Å². The lowest BCUT2D eigenvalue weighted by Gasteiger charge is -2.12. The lowest BCUT2D eigenvalue weighted by atomic mass is 10.1. The van der Waals surface area contributed by atoms with Crippen LogP contribution in [0.15, 0.2) is 41.3 Å². The minimum absolute atomic E-state index is 0.104. The Morgan fingerprint density at radius 2 is 1.89 bits per heavy atom. The fourth-order valence-electron chi connectivity index (χ4n) is 2.50. The van der Waals surface area contributed by atoms with E-state index in [1.165, 1.54) is 11.0 Å². The van der Waals surface area contributed by atoms with Crippen LogP contribution in [0.5, 0.6) is 11.5 Å². The Kier molecular flexibility index (Phi) is 5.99. The number of nitrogens with zero attached hydrogens (tertiary/aromatic N) is 1. The SMILES string of the molecule is CCOc1cc(C=C2SC(=O)N(Cc3ccc(Cl)cc3)C2=O)cc(Cl)c1O. The third-order valence-electron chi connectivity index (χ3n) is 3.78. The fourth-order valence-corrected chi connectivity index (χ4v) is 3.69. The topological polar surface area (TPSA) is 66.8 Å². The number of rotatable bonds is 5. The maximum atomic E-state index is 12.6. The first-order valence-corrected chi connectivity index (χ1v) is 9.61. The highest BCUT2D eigenvalue weighted by atomic mass is 35.5. The first kappa shape index (κ1) is 19.6. The van der Waals surface area contributed by atoms with Crippen LogP contribution in [0.2, 0.25) is 10.0 Å². The number of phenolic OH excluding ortho intramolecular Hbond substituents is 1. The van der Waals surface area contributed by atoms with Crippen molar-refractivity contribution in [2.24, 2.45) is 0 Å². The first-order valence-electron chi connectivity index (χ1n) is 8.04. The molecule has 1 aliphatic rings. The molecule has 140 valence electrons. The van der Waals surface area contributed by atoms with Crippen molar-refractivity contribution in [1.29, 1.82) is 0 Å². The highest BCUT2D eigenvalue weighted by molar-refractivity contribution is 8.18.